The zero-order valence-corrected chi connectivity index (χ0v) is 16.0. The van der Waals surface area contributed by atoms with E-state index in [0.29, 0.717) is 24.1 Å². The molecule has 25 heavy (non-hydrogen) atoms. The summed E-state index contributed by atoms with van der Waals surface area (Å²) in [5.74, 6) is 0.513. The first kappa shape index (κ1) is 17.9. The summed E-state index contributed by atoms with van der Waals surface area (Å²) in [5, 5.41) is 11.0. The molecule has 1 N–H and O–H groups in total. The van der Waals surface area contributed by atoms with Crippen LogP contribution in [0.1, 0.15) is 24.3 Å². The number of hydrogen-bond donors (Lipinski definition) is 1. The quantitative estimate of drug-likeness (QED) is 0.716. The summed E-state index contributed by atoms with van der Waals surface area (Å²) in [6.07, 6.45) is 1.44. The van der Waals surface area contributed by atoms with Crippen LogP contribution in [0.15, 0.2) is 32.3 Å². The third kappa shape index (κ3) is 4.82. The Kier molecular flexibility index (Phi) is 5.74. The summed E-state index contributed by atoms with van der Waals surface area (Å²) < 4.78 is 6.49. The molecule has 1 fully saturated rings. The fraction of sp³-hybridized carbons (Fsp3) is 0.375. The molecule has 7 nitrogen and oxygen atoms in total. The average molecular weight is 425 g/mol. The van der Waals surface area contributed by atoms with Crippen LogP contribution in [0.2, 0.25) is 0 Å². The summed E-state index contributed by atoms with van der Waals surface area (Å²) in [6.45, 7) is 3.01. The minimum Gasteiger partial charge on any atom is -0.414 e. The number of aromatic nitrogens is 2. The van der Waals surface area contributed by atoms with Crippen LogP contribution < -0.4 is 5.32 Å². The largest absolute Gasteiger partial charge is 0.414 e. The lowest BCUT2D eigenvalue weighted by Gasteiger charge is -2.11. The second-order valence-electron chi connectivity index (χ2n) is 5.68. The van der Waals surface area contributed by atoms with Gasteiger partial charge in [0.25, 0.3) is 5.22 Å². The Bertz CT molecular complexity index is 795. The standard InChI is InChI=1S/C16H17BrN4O3S/c1-10-7-11(4-5-12(10)17)18-13(22)9-25-16-20-19-14(24-16)8-21-6-2-3-15(21)23/h4-5,7H,2-3,6,8-9H2,1H3,(H,18,22). The van der Waals surface area contributed by atoms with Gasteiger partial charge in [0.05, 0.1) is 12.3 Å². The van der Waals surface area contributed by atoms with Crippen LogP contribution in [0, 0.1) is 6.92 Å². The number of carbonyl (C=O) groups is 2. The van der Waals surface area contributed by atoms with E-state index in [1.165, 1.54) is 11.8 Å². The molecule has 1 aromatic heterocycles. The number of thioether (sulfide) groups is 1. The highest BCUT2D eigenvalue weighted by Crippen LogP contribution is 2.22. The molecular formula is C16H17BrN4O3S. The van der Waals surface area contributed by atoms with Gasteiger partial charge in [-0.3, -0.25) is 9.59 Å². The maximum Gasteiger partial charge on any atom is 0.277 e. The van der Waals surface area contributed by atoms with Crippen molar-refractivity contribution in [3.05, 3.63) is 34.1 Å². The topological polar surface area (TPSA) is 88.3 Å². The van der Waals surface area contributed by atoms with E-state index in [4.69, 9.17) is 4.42 Å². The van der Waals surface area contributed by atoms with E-state index in [1.54, 1.807) is 4.90 Å². The fourth-order valence-electron chi connectivity index (χ4n) is 2.44. The molecule has 0 atom stereocenters. The molecule has 132 valence electrons. The van der Waals surface area contributed by atoms with E-state index < -0.39 is 0 Å². The fourth-order valence-corrected chi connectivity index (χ4v) is 3.27. The number of nitrogens with zero attached hydrogens (tertiary/aromatic N) is 3. The molecule has 9 heteroatoms. The highest BCUT2D eigenvalue weighted by atomic mass is 79.9. The number of nitrogens with one attached hydrogen (secondary N) is 1. The number of rotatable bonds is 6. The van der Waals surface area contributed by atoms with Crippen molar-refractivity contribution in [2.24, 2.45) is 0 Å². The second-order valence-corrected chi connectivity index (χ2v) is 7.46. The molecular weight excluding hydrogens is 408 g/mol. The van der Waals surface area contributed by atoms with Gasteiger partial charge in [-0.05, 0) is 37.1 Å². The molecule has 2 amide bonds. The molecule has 1 saturated heterocycles. The van der Waals surface area contributed by atoms with E-state index in [0.717, 1.165) is 28.7 Å². The van der Waals surface area contributed by atoms with Crippen LogP contribution in [-0.4, -0.2) is 39.2 Å². The van der Waals surface area contributed by atoms with Gasteiger partial charge in [-0.15, -0.1) is 10.2 Å². The number of halogens is 1. The molecule has 1 aliphatic heterocycles. The Morgan fingerprint density at radius 3 is 3.00 bits per heavy atom. The van der Waals surface area contributed by atoms with Crippen LogP contribution in [0.4, 0.5) is 5.69 Å². The number of benzene rings is 1. The second kappa shape index (κ2) is 8.01. The monoisotopic (exact) mass is 424 g/mol. The summed E-state index contributed by atoms with van der Waals surface area (Å²) >= 11 is 4.59. The third-order valence-electron chi connectivity index (χ3n) is 3.71. The molecule has 0 aliphatic carbocycles. The predicted molar refractivity (Wildman–Crippen MR) is 97.2 cm³/mol. The highest BCUT2D eigenvalue weighted by Gasteiger charge is 2.22. The van der Waals surface area contributed by atoms with Crippen molar-refractivity contribution < 1.29 is 14.0 Å². The van der Waals surface area contributed by atoms with Gasteiger partial charge in [0, 0.05) is 23.1 Å². The molecule has 0 bridgehead atoms. The Hall–Kier alpha value is -1.87. The van der Waals surface area contributed by atoms with Gasteiger partial charge in [0.15, 0.2) is 0 Å². The third-order valence-corrected chi connectivity index (χ3v) is 5.42. The lowest BCUT2D eigenvalue weighted by molar-refractivity contribution is -0.128. The predicted octanol–water partition coefficient (Wildman–Crippen LogP) is 2.99. The average Bonchev–Trinajstić information content (AvgIpc) is 3.19. The van der Waals surface area contributed by atoms with E-state index in [9.17, 15) is 9.59 Å². The van der Waals surface area contributed by atoms with E-state index in [-0.39, 0.29) is 17.6 Å². The van der Waals surface area contributed by atoms with Crippen LogP contribution >= 0.6 is 27.7 Å². The molecule has 1 aliphatic rings. The molecule has 3 rings (SSSR count). The first-order valence-corrected chi connectivity index (χ1v) is 9.58. The van der Waals surface area contributed by atoms with Crippen LogP contribution in [-0.2, 0) is 16.1 Å². The SMILES string of the molecule is Cc1cc(NC(=O)CSc2nnc(CN3CCCC3=O)o2)ccc1Br. The first-order valence-electron chi connectivity index (χ1n) is 7.80. The van der Waals surface area contributed by atoms with Gasteiger partial charge in [-0.25, -0.2) is 0 Å². The Labute approximate surface area is 157 Å². The summed E-state index contributed by atoms with van der Waals surface area (Å²) in [7, 11) is 0. The number of aryl methyl sites for hydroxylation is 1. The molecule has 0 unspecified atom stereocenters. The van der Waals surface area contributed by atoms with Gasteiger partial charge in [-0.1, -0.05) is 27.7 Å². The van der Waals surface area contributed by atoms with Crippen molar-refractivity contribution in [2.75, 3.05) is 17.6 Å². The number of hydrogen-bond acceptors (Lipinski definition) is 6. The van der Waals surface area contributed by atoms with Crippen LogP contribution in [0.5, 0.6) is 0 Å². The summed E-state index contributed by atoms with van der Waals surface area (Å²) in [4.78, 5) is 25.3. The Morgan fingerprint density at radius 1 is 1.44 bits per heavy atom. The van der Waals surface area contributed by atoms with Crippen molar-refractivity contribution >= 4 is 45.2 Å². The lowest BCUT2D eigenvalue weighted by atomic mass is 10.2. The first-order chi connectivity index (χ1) is 12.0. The minimum atomic E-state index is -0.152. The molecule has 2 heterocycles. The number of anilines is 1. The van der Waals surface area contributed by atoms with Crippen molar-refractivity contribution in [3.8, 4) is 0 Å². The number of likely N-dealkylation sites (tertiary alicyclic amines) is 1. The normalized spacial score (nSPS) is 14.2. The van der Waals surface area contributed by atoms with E-state index in [2.05, 4.69) is 31.4 Å². The molecule has 0 spiro atoms. The van der Waals surface area contributed by atoms with Gasteiger partial charge < -0.3 is 14.6 Å². The zero-order valence-electron chi connectivity index (χ0n) is 13.6. The van der Waals surface area contributed by atoms with E-state index in [1.807, 2.05) is 25.1 Å². The summed E-state index contributed by atoms with van der Waals surface area (Å²) in [6, 6.07) is 5.62. The molecule has 0 saturated carbocycles. The van der Waals surface area contributed by atoms with Crippen molar-refractivity contribution in [2.45, 2.75) is 31.5 Å². The van der Waals surface area contributed by atoms with Crippen molar-refractivity contribution in [1.29, 1.82) is 0 Å². The molecule has 0 radical (unpaired) electrons. The maximum absolute atomic E-state index is 12.0. The van der Waals surface area contributed by atoms with Gasteiger partial charge in [0.2, 0.25) is 17.7 Å². The van der Waals surface area contributed by atoms with Gasteiger partial charge >= 0.3 is 0 Å². The number of amides is 2. The highest BCUT2D eigenvalue weighted by molar-refractivity contribution is 9.10. The van der Waals surface area contributed by atoms with Crippen LogP contribution in [0.25, 0.3) is 0 Å². The van der Waals surface area contributed by atoms with Crippen molar-refractivity contribution in [3.63, 3.8) is 0 Å². The van der Waals surface area contributed by atoms with E-state index >= 15 is 0 Å². The van der Waals surface area contributed by atoms with Crippen molar-refractivity contribution in [1.82, 2.24) is 15.1 Å². The Balaban J connectivity index is 1.49. The zero-order chi connectivity index (χ0) is 17.8. The van der Waals surface area contributed by atoms with Gasteiger partial charge in [0.1, 0.15) is 0 Å². The summed E-state index contributed by atoms with van der Waals surface area (Å²) in [5.41, 5.74) is 1.79. The van der Waals surface area contributed by atoms with Gasteiger partial charge in [-0.2, -0.15) is 0 Å². The maximum atomic E-state index is 12.0. The minimum absolute atomic E-state index is 0.108. The molecule has 2 aromatic rings. The Morgan fingerprint density at radius 2 is 2.28 bits per heavy atom. The number of carbonyl (C=O) groups excluding carboxylic acids is 2. The lowest BCUT2D eigenvalue weighted by Crippen LogP contribution is -2.23. The molecule has 1 aromatic carbocycles. The van der Waals surface area contributed by atoms with Crippen LogP contribution in [0.3, 0.4) is 0 Å². The smallest absolute Gasteiger partial charge is 0.277 e.